The molecule has 0 bridgehead atoms. The summed E-state index contributed by atoms with van der Waals surface area (Å²) >= 11 is 1.58. The number of aromatic nitrogens is 4. The van der Waals surface area contributed by atoms with E-state index in [-0.39, 0.29) is 6.54 Å². The van der Waals surface area contributed by atoms with E-state index >= 15 is 0 Å². The molecule has 0 spiro atoms. The molecule has 0 aliphatic carbocycles. The molecule has 1 unspecified atom stereocenters. The van der Waals surface area contributed by atoms with E-state index in [1.54, 1.807) is 22.9 Å². The van der Waals surface area contributed by atoms with E-state index in [4.69, 9.17) is 0 Å². The second-order valence-electron chi connectivity index (χ2n) is 4.85. The van der Waals surface area contributed by atoms with Gasteiger partial charge in [0.05, 0.1) is 12.0 Å². The summed E-state index contributed by atoms with van der Waals surface area (Å²) in [6.07, 6.45) is 0.518. The van der Waals surface area contributed by atoms with Crippen LogP contribution in [0.4, 0.5) is 0 Å². The van der Waals surface area contributed by atoms with Gasteiger partial charge in [-0.1, -0.05) is 6.92 Å². The third-order valence-electron chi connectivity index (χ3n) is 3.42. The summed E-state index contributed by atoms with van der Waals surface area (Å²) in [5.74, 6) is -0.210. The molecular formula is C12H16N4O2S. The van der Waals surface area contributed by atoms with Crippen molar-refractivity contribution >= 4 is 17.3 Å². The third kappa shape index (κ3) is 2.51. The Balaban J connectivity index is 2.36. The Labute approximate surface area is 115 Å². The second kappa shape index (κ2) is 5.08. The molecule has 0 radical (unpaired) electrons. The zero-order valence-corrected chi connectivity index (χ0v) is 11.9. The third-order valence-corrected chi connectivity index (χ3v) is 4.29. The monoisotopic (exact) mass is 280 g/mol. The van der Waals surface area contributed by atoms with Gasteiger partial charge in [-0.3, -0.25) is 4.79 Å². The number of rotatable bonds is 5. The maximum atomic E-state index is 11.4. The molecule has 0 aliphatic rings. The molecule has 1 atom stereocenters. The summed E-state index contributed by atoms with van der Waals surface area (Å²) in [6, 6.07) is 0. The minimum atomic E-state index is -0.867. The summed E-state index contributed by atoms with van der Waals surface area (Å²) in [5, 5.41) is 24.9. The minimum absolute atomic E-state index is 0.260. The van der Waals surface area contributed by atoms with Crippen molar-refractivity contribution in [2.24, 2.45) is 5.41 Å². The van der Waals surface area contributed by atoms with Crippen LogP contribution in [0.2, 0.25) is 0 Å². The molecule has 102 valence electrons. The Kier molecular flexibility index (Phi) is 3.66. The van der Waals surface area contributed by atoms with Crippen molar-refractivity contribution in [2.75, 3.05) is 0 Å². The Morgan fingerprint density at radius 3 is 2.79 bits per heavy atom. The van der Waals surface area contributed by atoms with E-state index in [0.717, 1.165) is 11.1 Å². The number of carboxylic acids is 1. The summed E-state index contributed by atoms with van der Waals surface area (Å²) in [6.45, 7) is 5.81. The van der Waals surface area contributed by atoms with Gasteiger partial charge in [0.15, 0.2) is 5.82 Å². The first-order chi connectivity index (χ1) is 8.98. The van der Waals surface area contributed by atoms with Gasteiger partial charge in [-0.25, -0.2) is 4.68 Å². The first-order valence-electron chi connectivity index (χ1n) is 6.00. The van der Waals surface area contributed by atoms with E-state index in [1.807, 2.05) is 24.6 Å². The number of tetrazole rings is 1. The van der Waals surface area contributed by atoms with Crippen molar-refractivity contribution < 1.29 is 9.90 Å². The largest absolute Gasteiger partial charge is 0.481 e. The van der Waals surface area contributed by atoms with E-state index in [9.17, 15) is 9.90 Å². The van der Waals surface area contributed by atoms with Crippen molar-refractivity contribution in [1.82, 2.24) is 20.2 Å². The molecule has 2 rings (SSSR count). The van der Waals surface area contributed by atoms with Crippen LogP contribution >= 0.6 is 11.3 Å². The number of aryl methyl sites for hydroxylation is 1. The average molecular weight is 280 g/mol. The quantitative estimate of drug-likeness (QED) is 0.908. The van der Waals surface area contributed by atoms with Crippen molar-refractivity contribution in [1.29, 1.82) is 0 Å². The maximum absolute atomic E-state index is 11.4. The lowest BCUT2D eigenvalue weighted by atomic mass is 9.88. The van der Waals surface area contributed by atoms with Gasteiger partial charge >= 0.3 is 5.97 Å². The van der Waals surface area contributed by atoms with E-state index in [0.29, 0.717) is 12.2 Å². The Morgan fingerprint density at radius 2 is 2.26 bits per heavy atom. The Bertz CT molecular complexity index is 592. The van der Waals surface area contributed by atoms with Crippen molar-refractivity contribution in [3.05, 3.63) is 16.3 Å². The van der Waals surface area contributed by atoms with Crippen LogP contribution in [0.15, 0.2) is 10.8 Å². The van der Waals surface area contributed by atoms with Crippen LogP contribution in [0.5, 0.6) is 0 Å². The van der Waals surface area contributed by atoms with Gasteiger partial charge in [0.2, 0.25) is 0 Å². The summed E-state index contributed by atoms with van der Waals surface area (Å²) in [4.78, 5) is 11.4. The summed E-state index contributed by atoms with van der Waals surface area (Å²) in [5.41, 5.74) is 1.18. The predicted molar refractivity (Wildman–Crippen MR) is 71.9 cm³/mol. The number of thiophene rings is 1. The first-order valence-corrected chi connectivity index (χ1v) is 6.95. The first kappa shape index (κ1) is 13.7. The lowest BCUT2D eigenvalue weighted by Crippen LogP contribution is -2.32. The van der Waals surface area contributed by atoms with Gasteiger partial charge in [0.25, 0.3) is 0 Å². The van der Waals surface area contributed by atoms with Crippen molar-refractivity contribution in [3.63, 3.8) is 0 Å². The van der Waals surface area contributed by atoms with Crippen LogP contribution < -0.4 is 0 Å². The Morgan fingerprint density at radius 1 is 1.53 bits per heavy atom. The molecule has 19 heavy (non-hydrogen) atoms. The van der Waals surface area contributed by atoms with E-state index < -0.39 is 11.4 Å². The number of hydrogen-bond acceptors (Lipinski definition) is 5. The summed E-state index contributed by atoms with van der Waals surface area (Å²) in [7, 11) is 0. The molecule has 0 amide bonds. The molecular weight excluding hydrogens is 264 g/mol. The second-order valence-corrected chi connectivity index (χ2v) is 5.59. The molecule has 0 aliphatic heterocycles. The highest BCUT2D eigenvalue weighted by Crippen LogP contribution is 2.28. The van der Waals surface area contributed by atoms with Gasteiger partial charge < -0.3 is 5.11 Å². The van der Waals surface area contributed by atoms with Gasteiger partial charge in [-0.15, -0.1) is 5.10 Å². The van der Waals surface area contributed by atoms with Crippen LogP contribution in [0.1, 0.15) is 25.8 Å². The highest BCUT2D eigenvalue weighted by Gasteiger charge is 2.33. The number of nitrogens with zero attached hydrogens (tertiary/aromatic N) is 4. The highest BCUT2D eigenvalue weighted by molar-refractivity contribution is 7.08. The van der Waals surface area contributed by atoms with Crippen LogP contribution in [-0.4, -0.2) is 31.3 Å². The fourth-order valence-corrected chi connectivity index (χ4v) is 2.58. The van der Waals surface area contributed by atoms with Gasteiger partial charge in [0.1, 0.15) is 0 Å². The zero-order chi connectivity index (χ0) is 14.0. The summed E-state index contributed by atoms with van der Waals surface area (Å²) < 4.78 is 1.58. The van der Waals surface area contributed by atoms with Gasteiger partial charge in [-0.05, 0) is 41.6 Å². The minimum Gasteiger partial charge on any atom is -0.481 e. The normalized spacial score (nSPS) is 14.3. The molecule has 6 nitrogen and oxygen atoms in total. The molecule has 2 heterocycles. The fraction of sp³-hybridized carbons (Fsp3) is 0.500. The van der Waals surface area contributed by atoms with Crippen LogP contribution in [-0.2, 0) is 11.3 Å². The number of aliphatic carboxylic acids is 1. The standard InChI is InChI=1S/C12H16N4O2S/c1-4-12(3,11(17)18)7-16-10(13-14-15-16)9-6-19-5-8(9)2/h5-6H,4,7H2,1-3H3,(H,17,18). The number of carbonyl (C=O) groups is 1. The molecule has 0 saturated heterocycles. The van der Waals surface area contributed by atoms with Crippen LogP contribution in [0, 0.1) is 12.3 Å². The van der Waals surface area contributed by atoms with Crippen molar-refractivity contribution in [3.8, 4) is 11.4 Å². The number of carboxylic acid groups (broad SMARTS) is 1. The molecule has 2 aromatic heterocycles. The number of hydrogen-bond donors (Lipinski definition) is 1. The fourth-order valence-electron chi connectivity index (χ4n) is 1.75. The molecule has 0 aromatic carbocycles. The zero-order valence-electron chi connectivity index (χ0n) is 11.1. The van der Waals surface area contributed by atoms with Gasteiger partial charge in [0, 0.05) is 10.9 Å². The average Bonchev–Trinajstić information content (AvgIpc) is 2.97. The SMILES string of the molecule is CCC(C)(Cn1nnnc1-c1cscc1C)C(=O)O. The molecule has 0 fully saturated rings. The lowest BCUT2D eigenvalue weighted by molar-refractivity contribution is -0.149. The van der Waals surface area contributed by atoms with E-state index in [1.165, 1.54) is 0 Å². The van der Waals surface area contributed by atoms with E-state index in [2.05, 4.69) is 15.5 Å². The molecule has 0 saturated carbocycles. The lowest BCUT2D eigenvalue weighted by Gasteiger charge is -2.22. The molecule has 1 N–H and O–H groups in total. The van der Waals surface area contributed by atoms with Crippen LogP contribution in [0.3, 0.4) is 0 Å². The van der Waals surface area contributed by atoms with Gasteiger partial charge in [-0.2, -0.15) is 11.3 Å². The van der Waals surface area contributed by atoms with Crippen LogP contribution in [0.25, 0.3) is 11.4 Å². The topological polar surface area (TPSA) is 80.9 Å². The highest BCUT2D eigenvalue weighted by atomic mass is 32.1. The Hall–Kier alpha value is -1.76. The maximum Gasteiger partial charge on any atom is 0.311 e. The van der Waals surface area contributed by atoms with Crippen molar-refractivity contribution in [2.45, 2.75) is 33.7 Å². The smallest absolute Gasteiger partial charge is 0.311 e. The predicted octanol–water partition coefficient (Wildman–Crippen LogP) is 2.21. The molecule has 7 heteroatoms. The molecule has 2 aromatic rings.